The zero-order valence-corrected chi connectivity index (χ0v) is 23.6. The van der Waals surface area contributed by atoms with Crippen LogP contribution in [-0.4, -0.2) is 59.8 Å². The van der Waals surface area contributed by atoms with E-state index in [0.717, 1.165) is 32.5 Å². The Morgan fingerprint density at radius 2 is 1.89 bits per heavy atom. The standard InChI is InChI=1S/C31H45N3O4/c1-23-21-34(18-16-31(23,5)25-13-9-14-27(35)20-25)22-26(19-24-11-7-6-8-12-24)33-28(36)15-10-17-32-29(37)38-30(2,3)4/h6-9,11-14,20,23,26,35H,10,15-19,21-22H2,1-5H3,(H,32,37)(H,33,36)/t23-,26?,31-/m0/s1. The van der Waals surface area contributed by atoms with Gasteiger partial charge in [-0.3, -0.25) is 4.79 Å². The van der Waals surface area contributed by atoms with E-state index in [1.165, 1.54) is 11.1 Å². The van der Waals surface area contributed by atoms with Crippen molar-refractivity contribution in [3.05, 3.63) is 65.7 Å². The first kappa shape index (κ1) is 29.5. The van der Waals surface area contributed by atoms with E-state index < -0.39 is 11.7 Å². The molecular formula is C31H45N3O4. The maximum absolute atomic E-state index is 12.8. The van der Waals surface area contributed by atoms with E-state index in [1.807, 2.05) is 51.1 Å². The van der Waals surface area contributed by atoms with Gasteiger partial charge in [0.05, 0.1) is 0 Å². The molecule has 0 aromatic heterocycles. The van der Waals surface area contributed by atoms with Crippen LogP contribution >= 0.6 is 0 Å². The molecule has 1 heterocycles. The van der Waals surface area contributed by atoms with E-state index in [4.69, 9.17) is 4.74 Å². The monoisotopic (exact) mass is 523 g/mol. The van der Waals surface area contributed by atoms with Crippen molar-refractivity contribution in [1.82, 2.24) is 15.5 Å². The highest BCUT2D eigenvalue weighted by molar-refractivity contribution is 5.76. The van der Waals surface area contributed by atoms with Gasteiger partial charge in [-0.2, -0.15) is 0 Å². The third-order valence-corrected chi connectivity index (χ3v) is 7.49. The molecule has 0 radical (unpaired) electrons. The van der Waals surface area contributed by atoms with E-state index in [1.54, 1.807) is 6.07 Å². The Morgan fingerprint density at radius 3 is 2.55 bits per heavy atom. The number of likely N-dealkylation sites (tertiary alicyclic amines) is 1. The number of alkyl carbamates (subject to hydrolysis) is 1. The number of hydrogen-bond acceptors (Lipinski definition) is 5. The molecule has 1 aliphatic rings. The van der Waals surface area contributed by atoms with Gasteiger partial charge in [-0.1, -0.05) is 56.3 Å². The molecule has 2 aromatic rings. The number of carbonyl (C=O) groups excluding carboxylic acids is 2. The van der Waals surface area contributed by atoms with Crippen LogP contribution in [0.3, 0.4) is 0 Å². The molecule has 208 valence electrons. The van der Waals surface area contributed by atoms with Gasteiger partial charge >= 0.3 is 6.09 Å². The van der Waals surface area contributed by atoms with Crippen molar-refractivity contribution in [1.29, 1.82) is 0 Å². The average molecular weight is 524 g/mol. The number of nitrogens with zero attached hydrogens (tertiary/aromatic N) is 1. The Morgan fingerprint density at radius 1 is 1.16 bits per heavy atom. The summed E-state index contributed by atoms with van der Waals surface area (Å²) >= 11 is 0. The molecule has 0 aliphatic carbocycles. The number of nitrogens with one attached hydrogen (secondary N) is 2. The summed E-state index contributed by atoms with van der Waals surface area (Å²) in [5.74, 6) is 0.696. The molecule has 7 nitrogen and oxygen atoms in total. The van der Waals surface area contributed by atoms with Gasteiger partial charge in [0.2, 0.25) is 5.91 Å². The van der Waals surface area contributed by atoms with Crippen molar-refractivity contribution in [3.8, 4) is 5.75 Å². The second-order valence-corrected chi connectivity index (χ2v) is 11.9. The van der Waals surface area contributed by atoms with Gasteiger partial charge in [0.1, 0.15) is 11.4 Å². The summed E-state index contributed by atoms with van der Waals surface area (Å²) < 4.78 is 5.25. The summed E-state index contributed by atoms with van der Waals surface area (Å²) in [6.07, 6.45) is 2.17. The fourth-order valence-electron chi connectivity index (χ4n) is 5.20. The van der Waals surface area contributed by atoms with Crippen molar-refractivity contribution in [3.63, 3.8) is 0 Å². The van der Waals surface area contributed by atoms with Crippen LogP contribution < -0.4 is 10.6 Å². The van der Waals surface area contributed by atoms with Crippen LogP contribution in [0.2, 0.25) is 0 Å². The number of phenolic OH excluding ortho intramolecular Hbond substituents is 1. The third kappa shape index (κ3) is 9.05. The number of phenols is 1. The Bertz CT molecular complexity index is 1050. The van der Waals surface area contributed by atoms with E-state index in [-0.39, 0.29) is 17.4 Å². The maximum Gasteiger partial charge on any atom is 0.407 e. The van der Waals surface area contributed by atoms with Gasteiger partial charge in [0.25, 0.3) is 0 Å². The molecule has 3 N–H and O–H groups in total. The first-order chi connectivity index (χ1) is 17.9. The number of ether oxygens (including phenoxy) is 1. The van der Waals surface area contributed by atoms with Gasteiger partial charge in [0, 0.05) is 32.1 Å². The highest BCUT2D eigenvalue weighted by Crippen LogP contribution is 2.40. The van der Waals surface area contributed by atoms with Gasteiger partial charge < -0.3 is 25.4 Å². The Hall–Kier alpha value is -3.06. The summed E-state index contributed by atoms with van der Waals surface area (Å²) in [5.41, 5.74) is 1.82. The average Bonchev–Trinajstić information content (AvgIpc) is 2.84. The zero-order chi connectivity index (χ0) is 27.8. The summed E-state index contributed by atoms with van der Waals surface area (Å²) in [7, 11) is 0. The first-order valence-corrected chi connectivity index (χ1v) is 13.8. The maximum atomic E-state index is 12.8. The number of carbonyl (C=O) groups is 2. The van der Waals surface area contributed by atoms with Crippen LogP contribution in [0.25, 0.3) is 0 Å². The molecule has 1 aliphatic heterocycles. The molecular weight excluding hydrogens is 478 g/mol. The summed E-state index contributed by atoms with van der Waals surface area (Å²) in [6, 6.07) is 17.9. The Labute approximate surface area is 228 Å². The second-order valence-electron chi connectivity index (χ2n) is 11.9. The van der Waals surface area contributed by atoms with E-state index >= 15 is 0 Å². The minimum absolute atomic E-state index is 0.00540. The lowest BCUT2D eigenvalue weighted by molar-refractivity contribution is -0.122. The molecule has 3 atom stereocenters. The van der Waals surface area contributed by atoms with Crippen LogP contribution in [0.15, 0.2) is 54.6 Å². The Kier molecular flexibility index (Phi) is 10.2. The van der Waals surface area contributed by atoms with Crippen molar-refractivity contribution >= 4 is 12.0 Å². The van der Waals surface area contributed by atoms with E-state index in [9.17, 15) is 14.7 Å². The molecule has 0 spiro atoms. The number of amides is 2. The largest absolute Gasteiger partial charge is 0.508 e. The molecule has 1 unspecified atom stereocenters. The molecule has 2 amide bonds. The molecule has 3 rings (SSSR count). The van der Waals surface area contributed by atoms with Crippen LogP contribution in [0.5, 0.6) is 5.75 Å². The smallest absolute Gasteiger partial charge is 0.407 e. The topological polar surface area (TPSA) is 90.9 Å². The van der Waals surface area contributed by atoms with Crippen molar-refractivity contribution in [2.24, 2.45) is 5.92 Å². The van der Waals surface area contributed by atoms with Crippen molar-refractivity contribution in [2.75, 3.05) is 26.2 Å². The normalized spacial score (nSPS) is 20.9. The van der Waals surface area contributed by atoms with Crippen LogP contribution in [0.1, 0.15) is 65.0 Å². The first-order valence-electron chi connectivity index (χ1n) is 13.8. The highest BCUT2D eigenvalue weighted by atomic mass is 16.6. The zero-order valence-electron chi connectivity index (χ0n) is 23.6. The molecule has 0 saturated carbocycles. The third-order valence-electron chi connectivity index (χ3n) is 7.49. The summed E-state index contributed by atoms with van der Waals surface area (Å²) in [6.45, 7) is 13.1. The lowest BCUT2D eigenvalue weighted by Crippen LogP contribution is -2.52. The van der Waals surface area contributed by atoms with E-state index in [0.29, 0.717) is 31.1 Å². The minimum atomic E-state index is -0.543. The fourth-order valence-corrected chi connectivity index (χ4v) is 5.20. The number of benzene rings is 2. The van der Waals surface area contributed by atoms with Gasteiger partial charge in [0.15, 0.2) is 0 Å². The van der Waals surface area contributed by atoms with Gasteiger partial charge in [-0.15, -0.1) is 0 Å². The molecule has 7 heteroatoms. The van der Waals surface area contributed by atoms with Crippen LogP contribution in [0.4, 0.5) is 4.79 Å². The Balaban J connectivity index is 1.55. The molecule has 1 saturated heterocycles. The second kappa shape index (κ2) is 13.1. The predicted octanol–water partition coefficient (Wildman–Crippen LogP) is 5.02. The quantitative estimate of drug-likeness (QED) is 0.380. The van der Waals surface area contributed by atoms with Crippen molar-refractivity contribution < 1.29 is 19.4 Å². The molecule has 38 heavy (non-hydrogen) atoms. The molecule has 1 fully saturated rings. The SMILES string of the molecule is C[C@H]1CN(CC(Cc2ccccc2)NC(=O)CCCNC(=O)OC(C)(C)C)CC[C@]1(C)c1cccc(O)c1. The van der Waals surface area contributed by atoms with Crippen LogP contribution in [-0.2, 0) is 21.4 Å². The lowest BCUT2D eigenvalue weighted by atomic mass is 9.68. The summed E-state index contributed by atoms with van der Waals surface area (Å²) in [5, 5.41) is 16.0. The lowest BCUT2D eigenvalue weighted by Gasteiger charge is -2.46. The minimum Gasteiger partial charge on any atom is -0.508 e. The van der Waals surface area contributed by atoms with Crippen LogP contribution in [0, 0.1) is 5.92 Å². The van der Waals surface area contributed by atoms with Crippen molar-refractivity contribution in [2.45, 2.75) is 77.4 Å². The van der Waals surface area contributed by atoms with E-state index in [2.05, 4.69) is 47.6 Å². The van der Waals surface area contributed by atoms with Gasteiger partial charge in [-0.05, 0) is 81.2 Å². The summed E-state index contributed by atoms with van der Waals surface area (Å²) in [4.78, 5) is 27.1. The highest BCUT2D eigenvalue weighted by Gasteiger charge is 2.38. The number of rotatable bonds is 10. The number of aromatic hydroxyl groups is 1. The molecule has 2 aromatic carbocycles. The molecule has 0 bridgehead atoms. The number of piperidine rings is 1. The number of hydrogen-bond donors (Lipinski definition) is 3. The predicted molar refractivity (Wildman–Crippen MR) is 151 cm³/mol. The fraction of sp³-hybridized carbons (Fsp3) is 0.548. The van der Waals surface area contributed by atoms with Gasteiger partial charge in [-0.25, -0.2) is 4.79 Å².